The van der Waals surface area contributed by atoms with E-state index in [0.29, 0.717) is 16.4 Å². The van der Waals surface area contributed by atoms with Crippen molar-refractivity contribution in [3.05, 3.63) is 29.8 Å². The molecule has 1 aromatic carbocycles. The van der Waals surface area contributed by atoms with Crippen LogP contribution in [0.1, 0.15) is 37.2 Å². The smallest absolute Gasteiger partial charge is 0.234 e. The molecule has 0 radical (unpaired) electrons. The molecule has 0 aliphatic heterocycles. The van der Waals surface area contributed by atoms with Crippen molar-refractivity contribution >= 4 is 29.1 Å². The van der Waals surface area contributed by atoms with Crippen molar-refractivity contribution in [2.45, 2.75) is 32.0 Å². The Morgan fingerprint density at radius 2 is 2.14 bits per heavy atom. The zero-order valence-electron chi connectivity index (χ0n) is 12.6. The van der Waals surface area contributed by atoms with Gasteiger partial charge in [0.25, 0.3) is 0 Å². The van der Waals surface area contributed by atoms with E-state index in [4.69, 9.17) is 0 Å². The minimum atomic E-state index is -0.177. The molecule has 0 atom stereocenters. The van der Waals surface area contributed by atoms with E-state index in [2.05, 4.69) is 20.8 Å². The summed E-state index contributed by atoms with van der Waals surface area (Å²) in [5.41, 5.74) is 1.16. The van der Waals surface area contributed by atoms with Gasteiger partial charge in [0, 0.05) is 11.3 Å². The molecule has 7 nitrogen and oxygen atoms in total. The van der Waals surface area contributed by atoms with Crippen molar-refractivity contribution < 1.29 is 9.59 Å². The molecule has 0 saturated carbocycles. The second kappa shape index (κ2) is 7.17. The first-order valence-corrected chi connectivity index (χ1v) is 7.77. The van der Waals surface area contributed by atoms with Crippen molar-refractivity contribution in [3.8, 4) is 0 Å². The van der Waals surface area contributed by atoms with Gasteiger partial charge in [-0.1, -0.05) is 23.9 Å². The van der Waals surface area contributed by atoms with E-state index in [9.17, 15) is 9.59 Å². The molecule has 0 aliphatic carbocycles. The Balaban J connectivity index is 1.94. The number of amides is 1. The minimum absolute atomic E-state index is 0.0402. The average molecular weight is 319 g/mol. The predicted octanol–water partition coefficient (Wildman–Crippen LogP) is 2.19. The monoisotopic (exact) mass is 319 g/mol. The third-order valence-corrected chi connectivity index (χ3v) is 3.77. The van der Waals surface area contributed by atoms with E-state index < -0.39 is 0 Å². The summed E-state index contributed by atoms with van der Waals surface area (Å²) in [5.74, 6) is -0.0252. The van der Waals surface area contributed by atoms with Crippen LogP contribution in [0.3, 0.4) is 0 Å². The Hall–Kier alpha value is -2.22. The fourth-order valence-electron chi connectivity index (χ4n) is 1.75. The summed E-state index contributed by atoms with van der Waals surface area (Å²) >= 11 is 1.27. The summed E-state index contributed by atoms with van der Waals surface area (Å²) in [4.78, 5) is 23.3. The number of thioether (sulfide) groups is 1. The molecule has 1 aromatic heterocycles. The second-order valence-electron chi connectivity index (χ2n) is 4.97. The maximum absolute atomic E-state index is 12.0. The molecule has 1 N–H and O–H groups in total. The zero-order valence-corrected chi connectivity index (χ0v) is 13.4. The molecule has 22 heavy (non-hydrogen) atoms. The summed E-state index contributed by atoms with van der Waals surface area (Å²) in [5, 5.41) is 14.7. The van der Waals surface area contributed by atoms with Crippen LogP contribution >= 0.6 is 11.8 Å². The van der Waals surface area contributed by atoms with Crippen LogP contribution in [0.15, 0.2) is 29.4 Å². The Labute approximate surface area is 132 Å². The minimum Gasteiger partial charge on any atom is -0.325 e. The molecule has 0 unspecified atom stereocenters. The fraction of sp³-hybridized carbons (Fsp3) is 0.357. The number of hydrogen-bond acceptors (Lipinski definition) is 6. The number of benzene rings is 1. The second-order valence-corrected chi connectivity index (χ2v) is 5.92. The standard InChI is InChI=1S/C14H17N5O2S/c1-9(2)19-14(16-17-18-19)22-8-13(21)15-12-6-4-5-11(7-12)10(3)20/h4-7,9H,8H2,1-3H3,(H,15,21). The quantitative estimate of drug-likeness (QED) is 0.648. The number of Topliss-reactive ketones (excluding diaryl/α,β-unsaturated/α-hetero) is 1. The van der Waals surface area contributed by atoms with E-state index in [1.54, 1.807) is 28.9 Å². The number of nitrogens with one attached hydrogen (secondary N) is 1. The Morgan fingerprint density at radius 1 is 1.36 bits per heavy atom. The van der Waals surface area contributed by atoms with Crippen molar-refractivity contribution in [2.75, 3.05) is 11.1 Å². The molecule has 0 fully saturated rings. The molecule has 0 spiro atoms. The highest BCUT2D eigenvalue weighted by molar-refractivity contribution is 7.99. The maximum Gasteiger partial charge on any atom is 0.234 e. The van der Waals surface area contributed by atoms with Gasteiger partial charge in [-0.05, 0) is 43.3 Å². The molecule has 0 saturated heterocycles. The Bertz CT molecular complexity index is 683. The van der Waals surface area contributed by atoms with E-state index in [0.717, 1.165) is 0 Å². The summed E-state index contributed by atoms with van der Waals surface area (Å²) in [6.45, 7) is 5.42. The van der Waals surface area contributed by atoms with Crippen LogP contribution in [0.4, 0.5) is 5.69 Å². The summed E-state index contributed by atoms with van der Waals surface area (Å²) in [7, 11) is 0. The number of aromatic nitrogens is 4. The van der Waals surface area contributed by atoms with Gasteiger partial charge in [-0.15, -0.1) is 5.10 Å². The number of anilines is 1. The van der Waals surface area contributed by atoms with Gasteiger partial charge in [-0.2, -0.15) is 0 Å². The number of carbonyl (C=O) groups is 2. The molecule has 8 heteroatoms. The number of carbonyl (C=O) groups excluding carboxylic acids is 2. The molecule has 2 rings (SSSR count). The van der Waals surface area contributed by atoms with Crippen LogP contribution in [0.2, 0.25) is 0 Å². The normalized spacial score (nSPS) is 10.7. The third-order valence-electron chi connectivity index (χ3n) is 2.84. The zero-order chi connectivity index (χ0) is 16.1. The number of hydrogen-bond donors (Lipinski definition) is 1. The van der Waals surface area contributed by atoms with Crippen LogP contribution in [0.5, 0.6) is 0 Å². The van der Waals surface area contributed by atoms with Gasteiger partial charge in [-0.3, -0.25) is 9.59 Å². The highest BCUT2D eigenvalue weighted by atomic mass is 32.2. The van der Waals surface area contributed by atoms with Gasteiger partial charge in [-0.25, -0.2) is 4.68 Å². The van der Waals surface area contributed by atoms with E-state index in [1.165, 1.54) is 18.7 Å². The fourth-order valence-corrected chi connectivity index (χ4v) is 2.55. The Morgan fingerprint density at radius 3 is 2.82 bits per heavy atom. The summed E-state index contributed by atoms with van der Waals surface area (Å²) < 4.78 is 1.66. The maximum atomic E-state index is 12.0. The SMILES string of the molecule is CC(=O)c1cccc(NC(=O)CSc2nnnn2C(C)C)c1. The molecule has 1 amide bonds. The van der Waals surface area contributed by atoms with Crippen LogP contribution in [-0.2, 0) is 4.79 Å². The van der Waals surface area contributed by atoms with Crippen LogP contribution in [0.25, 0.3) is 0 Å². The lowest BCUT2D eigenvalue weighted by atomic mass is 10.1. The van der Waals surface area contributed by atoms with E-state index in [-0.39, 0.29) is 23.5 Å². The lowest BCUT2D eigenvalue weighted by molar-refractivity contribution is -0.113. The molecule has 1 heterocycles. The van der Waals surface area contributed by atoms with Crippen molar-refractivity contribution in [1.82, 2.24) is 20.2 Å². The average Bonchev–Trinajstić information content (AvgIpc) is 2.94. The summed E-state index contributed by atoms with van der Waals surface area (Å²) in [6.07, 6.45) is 0. The third kappa shape index (κ3) is 4.14. The Kier molecular flexibility index (Phi) is 5.26. The molecule has 116 valence electrons. The van der Waals surface area contributed by atoms with Crippen LogP contribution in [-0.4, -0.2) is 37.7 Å². The molecular formula is C14H17N5O2S. The van der Waals surface area contributed by atoms with Crippen LogP contribution in [0, 0.1) is 0 Å². The van der Waals surface area contributed by atoms with E-state index >= 15 is 0 Å². The number of tetrazole rings is 1. The first kappa shape index (κ1) is 16.2. The van der Waals surface area contributed by atoms with Crippen LogP contribution < -0.4 is 5.32 Å². The van der Waals surface area contributed by atoms with Crippen molar-refractivity contribution in [1.29, 1.82) is 0 Å². The first-order valence-electron chi connectivity index (χ1n) is 6.79. The van der Waals surface area contributed by atoms with Gasteiger partial charge in [0.05, 0.1) is 11.8 Å². The lowest BCUT2D eigenvalue weighted by Crippen LogP contribution is -2.15. The number of ketones is 1. The molecular weight excluding hydrogens is 302 g/mol. The van der Waals surface area contributed by atoms with Crippen molar-refractivity contribution in [3.63, 3.8) is 0 Å². The van der Waals surface area contributed by atoms with Gasteiger partial charge < -0.3 is 5.32 Å². The molecule has 2 aromatic rings. The largest absolute Gasteiger partial charge is 0.325 e. The van der Waals surface area contributed by atoms with E-state index in [1.807, 2.05) is 13.8 Å². The topological polar surface area (TPSA) is 89.8 Å². The number of rotatable bonds is 6. The highest BCUT2D eigenvalue weighted by Crippen LogP contribution is 2.18. The summed E-state index contributed by atoms with van der Waals surface area (Å²) in [6, 6.07) is 6.98. The van der Waals surface area contributed by atoms with Crippen molar-refractivity contribution in [2.24, 2.45) is 0 Å². The first-order chi connectivity index (χ1) is 10.5. The van der Waals surface area contributed by atoms with Gasteiger partial charge >= 0.3 is 0 Å². The predicted molar refractivity (Wildman–Crippen MR) is 84.0 cm³/mol. The highest BCUT2D eigenvalue weighted by Gasteiger charge is 2.12. The van der Waals surface area contributed by atoms with Gasteiger partial charge in [0.2, 0.25) is 11.1 Å². The van der Waals surface area contributed by atoms with Gasteiger partial charge in [0.15, 0.2) is 5.78 Å². The molecule has 0 aliphatic rings. The van der Waals surface area contributed by atoms with Gasteiger partial charge in [0.1, 0.15) is 0 Å². The number of nitrogens with zero attached hydrogens (tertiary/aromatic N) is 4. The lowest BCUT2D eigenvalue weighted by Gasteiger charge is -2.08. The molecule has 0 bridgehead atoms.